The lowest BCUT2D eigenvalue weighted by Gasteiger charge is -2.37. The van der Waals surface area contributed by atoms with Gasteiger partial charge in [-0.2, -0.15) is 0 Å². The molecule has 1 saturated heterocycles. The Bertz CT molecular complexity index is 1350. The molecule has 0 radical (unpaired) electrons. The summed E-state index contributed by atoms with van der Waals surface area (Å²) in [7, 11) is 0. The van der Waals surface area contributed by atoms with Crippen LogP contribution in [0.2, 0.25) is 0 Å². The number of amides is 1. The number of carbonyl (C=O) groups is 7. The first-order valence-electron chi connectivity index (χ1n) is 19.9. The second-order valence-electron chi connectivity index (χ2n) is 18.6. The molecule has 0 aromatic carbocycles. The lowest BCUT2D eigenvalue weighted by atomic mass is 10.1. The number of aliphatic carboxylic acids is 2. The molecule has 1 heterocycles. The average Bonchev–Trinajstić information content (AvgIpc) is 3.00. The maximum Gasteiger partial charge on any atom is 0.326 e. The highest BCUT2D eigenvalue weighted by atomic mass is 16.6. The van der Waals surface area contributed by atoms with Crippen LogP contribution in [0, 0.1) is 0 Å². The van der Waals surface area contributed by atoms with Crippen molar-refractivity contribution in [2.45, 2.75) is 143 Å². The van der Waals surface area contributed by atoms with Crippen LogP contribution in [0.3, 0.4) is 0 Å². The van der Waals surface area contributed by atoms with Crippen molar-refractivity contribution in [2.75, 3.05) is 72.0 Å². The third-order valence-corrected chi connectivity index (χ3v) is 8.23. The summed E-state index contributed by atoms with van der Waals surface area (Å²) in [6, 6.07) is -2.46. The smallest absolute Gasteiger partial charge is 0.326 e. The van der Waals surface area contributed by atoms with E-state index in [1.54, 1.807) is 83.1 Å². The highest BCUT2D eigenvalue weighted by Gasteiger charge is 2.33. The number of rotatable bonds is 16. The van der Waals surface area contributed by atoms with Crippen LogP contribution in [-0.2, 0) is 52.5 Å². The molecule has 0 saturated carbocycles. The largest absolute Gasteiger partial charge is 0.481 e. The third-order valence-electron chi connectivity index (χ3n) is 8.23. The SMILES string of the molecule is CC(C)(C)OC(=O)CN1CCN(CC(=O)OC(C)(C)C)CCN(C(CCC(=O)NC(CCC(=O)O)C(=O)O)C(=O)OC(C)(C)C)CCN(CC(=O)OC(C)(C)C)CC1. The van der Waals surface area contributed by atoms with Gasteiger partial charge in [-0.1, -0.05) is 0 Å². The van der Waals surface area contributed by atoms with Crippen molar-refractivity contribution in [1.29, 1.82) is 0 Å². The molecule has 334 valence electrons. The molecule has 3 N–H and O–H groups in total. The Kier molecular flexibility index (Phi) is 20.7. The Labute approximate surface area is 344 Å². The molecule has 1 fully saturated rings. The van der Waals surface area contributed by atoms with Crippen LogP contribution in [0.4, 0.5) is 0 Å². The van der Waals surface area contributed by atoms with Gasteiger partial charge in [-0.3, -0.25) is 48.4 Å². The van der Waals surface area contributed by atoms with Crippen LogP contribution in [0.1, 0.15) is 109 Å². The average molecular weight is 830 g/mol. The van der Waals surface area contributed by atoms with Gasteiger partial charge in [0.1, 0.15) is 34.5 Å². The lowest BCUT2D eigenvalue weighted by molar-refractivity contribution is -0.163. The quantitative estimate of drug-likeness (QED) is 0.150. The van der Waals surface area contributed by atoms with Gasteiger partial charge in [-0.05, 0) is 95.9 Å². The fraction of sp³-hybridized carbons (Fsp3) is 0.825. The molecule has 18 heteroatoms. The van der Waals surface area contributed by atoms with E-state index >= 15 is 0 Å². The Hall–Kier alpha value is -3.87. The Morgan fingerprint density at radius 1 is 0.517 bits per heavy atom. The Balaban J connectivity index is 3.61. The number of nitrogens with one attached hydrogen (secondary N) is 1. The van der Waals surface area contributed by atoms with E-state index in [9.17, 15) is 38.7 Å². The molecule has 1 aliphatic rings. The highest BCUT2D eigenvalue weighted by Crippen LogP contribution is 2.18. The number of carboxylic acids is 2. The van der Waals surface area contributed by atoms with Gasteiger partial charge in [0.2, 0.25) is 5.91 Å². The van der Waals surface area contributed by atoms with E-state index in [4.69, 9.17) is 24.1 Å². The second-order valence-corrected chi connectivity index (χ2v) is 18.6. The fourth-order valence-electron chi connectivity index (χ4n) is 5.89. The highest BCUT2D eigenvalue weighted by molar-refractivity contribution is 5.84. The van der Waals surface area contributed by atoms with E-state index in [0.717, 1.165) is 0 Å². The lowest BCUT2D eigenvalue weighted by Crippen LogP contribution is -2.53. The predicted octanol–water partition coefficient (Wildman–Crippen LogP) is 2.16. The van der Waals surface area contributed by atoms with E-state index in [1.807, 2.05) is 19.6 Å². The molecule has 1 aliphatic heterocycles. The third kappa shape index (κ3) is 24.8. The Morgan fingerprint density at radius 3 is 1.17 bits per heavy atom. The second kappa shape index (κ2) is 23.1. The molecule has 1 rings (SSSR count). The number of esters is 4. The van der Waals surface area contributed by atoms with E-state index in [0.29, 0.717) is 26.2 Å². The van der Waals surface area contributed by atoms with E-state index in [1.165, 1.54) is 0 Å². The van der Waals surface area contributed by atoms with Crippen molar-refractivity contribution < 1.29 is 62.7 Å². The van der Waals surface area contributed by atoms with Crippen LogP contribution in [-0.4, -0.2) is 178 Å². The van der Waals surface area contributed by atoms with Gasteiger partial charge in [-0.15, -0.1) is 0 Å². The molecule has 1 amide bonds. The van der Waals surface area contributed by atoms with Gasteiger partial charge in [0.05, 0.1) is 19.6 Å². The fourth-order valence-corrected chi connectivity index (χ4v) is 5.89. The standard InChI is InChI=1S/C40H71N5O13/c1-37(2,3)55-32(49)25-42-17-19-43(26-33(50)56-38(4,5)6)21-23-45(24-22-44(20-18-42)27-34(51)57-39(7,8)9)29(36(54)58-40(10,11)12)14-15-30(46)41-28(35(52)53)13-16-31(47)48/h28-29H,13-27H2,1-12H3,(H,41,46)(H,47,48)(H,52,53). The van der Waals surface area contributed by atoms with Gasteiger partial charge < -0.3 is 34.5 Å². The summed E-state index contributed by atoms with van der Waals surface area (Å²) in [6.07, 6.45) is -1.17. The van der Waals surface area contributed by atoms with Crippen molar-refractivity contribution >= 4 is 41.7 Å². The summed E-state index contributed by atoms with van der Waals surface area (Å²) in [5.41, 5.74) is -3.10. The number of carbonyl (C=O) groups excluding carboxylic acids is 5. The first-order chi connectivity index (χ1) is 26.4. The van der Waals surface area contributed by atoms with Gasteiger partial charge in [0, 0.05) is 65.2 Å². The molecule has 0 aromatic rings. The van der Waals surface area contributed by atoms with Gasteiger partial charge in [-0.25, -0.2) is 4.79 Å². The van der Waals surface area contributed by atoms with Crippen LogP contribution >= 0.6 is 0 Å². The molecule has 58 heavy (non-hydrogen) atoms. The number of carboxylic acid groups (broad SMARTS) is 2. The number of nitrogens with zero attached hydrogens (tertiary/aromatic N) is 4. The van der Waals surface area contributed by atoms with Crippen molar-refractivity contribution in [1.82, 2.24) is 24.9 Å². The molecule has 18 nitrogen and oxygen atoms in total. The normalized spacial score (nSPS) is 17.4. The van der Waals surface area contributed by atoms with Crippen LogP contribution in [0.5, 0.6) is 0 Å². The summed E-state index contributed by atoms with van der Waals surface area (Å²) in [6.45, 7) is 23.0. The molecule has 0 bridgehead atoms. The maximum atomic E-state index is 13.9. The minimum atomic E-state index is -1.44. The zero-order chi connectivity index (χ0) is 44.6. The van der Waals surface area contributed by atoms with Gasteiger partial charge in [0.25, 0.3) is 0 Å². The first-order valence-corrected chi connectivity index (χ1v) is 19.9. The van der Waals surface area contributed by atoms with Gasteiger partial charge >= 0.3 is 35.8 Å². The van der Waals surface area contributed by atoms with E-state index in [-0.39, 0.29) is 65.1 Å². The molecular formula is C40H71N5O13. The summed E-state index contributed by atoms with van der Waals surface area (Å²) in [5, 5.41) is 21.0. The topological polar surface area (TPSA) is 222 Å². The van der Waals surface area contributed by atoms with Gasteiger partial charge in [0.15, 0.2) is 0 Å². The van der Waals surface area contributed by atoms with Crippen molar-refractivity contribution in [2.24, 2.45) is 0 Å². The summed E-state index contributed by atoms with van der Waals surface area (Å²) >= 11 is 0. The molecule has 0 aliphatic carbocycles. The molecule has 0 aromatic heterocycles. The molecule has 0 spiro atoms. The molecule has 2 unspecified atom stereocenters. The maximum absolute atomic E-state index is 13.9. The molecular weight excluding hydrogens is 758 g/mol. The monoisotopic (exact) mass is 830 g/mol. The van der Waals surface area contributed by atoms with Crippen molar-refractivity contribution in [3.63, 3.8) is 0 Å². The molecule has 2 atom stereocenters. The number of ether oxygens (including phenoxy) is 4. The minimum absolute atomic E-state index is 0.0359. The van der Waals surface area contributed by atoms with Crippen molar-refractivity contribution in [3.8, 4) is 0 Å². The predicted molar refractivity (Wildman–Crippen MR) is 214 cm³/mol. The van der Waals surface area contributed by atoms with Crippen LogP contribution in [0.15, 0.2) is 0 Å². The first kappa shape index (κ1) is 52.1. The van der Waals surface area contributed by atoms with E-state index < -0.39 is 82.6 Å². The number of hydrogen-bond donors (Lipinski definition) is 3. The number of hydrogen-bond acceptors (Lipinski definition) is 15. The van der Waals surface area contributed by atoms with Crippen LogP contribution in [0.25, 0.3) is 0 Å². The van der Waals surface area contributed by atoms with Crippen molar-refractivity contribution in [3.05, 3.63) is 0 Å². The van der Waals surface area contributed by atoms with Crippen LogP contribution < -0.4 is 5.32 Å². The summed E-state index contributed by atoms with van der Waals surface area (Å²) < 4.78 is 22.7. The van der Waals surface area contributed by atoms with E-state index in [2.05, 4.69) is 5.32 Å². The zero-order valence-electron chi connectivity index (χ0n) is 36.9. The zero-order valence-corrected chi connectivity index (χ0v) is 36.9. The minimum Gasteiger partial charge on any atom is -0.481 e. The summed E-state index contributed by atoms with van der Waals surface area (Å²) in [5.74, 6) is -5.28. The Morgan fingerprint density at radius 2 is 0.862 bits per heavy atom. The summed E-state index contributed by atoms with van der Waals surface area (Å²) in [4.78, 5) is 96.6.